The number of carbonyl (C=O) groups excluding carboxylic acids is 1. The summed E-state index contributed by atoms with van der Waals surface area (Å²) in [6.45, 7) is 2.46. The molecule has 2 aliphatic heterocycles. The molecule has 42 heavy (non-hydrogen) atoms. The SMILES string of the molecule is CCOC(=O)CN1c2ccc(C(O)(C3=CNCN3C)c3ccc(OC)cc3)cc2C(c2cccc(Cl)c2)n2nnnc21. The molecule has 2 N–H and O–H groups in total. The molecule has 6 rings (SSSR count). The van der Waals surface area contributed by atoms with Crippen molar-refractivity contribution >= 4 is 29.2 Å². The normalized spacial score (nSPS) is 17.1. The smallest absolute Gasteiger partial charge is 0.326 e. The van der Waals surface area contributed by atoms with Crippen LogP contribution >= 0.6 is 11.6 Å². The molecule has 11 nitrogen and oxygen atoms in total. The van der Waals surface area contributed by atoms with E-state index in [1.54, 1.807) is 29.7 Å². The van der Waals surface area contributed by atoms with Gasteiger partial charge in [-0.1, -0.05) is 47.0 Å². The molecule has 2 unspecified atom stereocenters. The van der Waals surface area contributed by atoms with Crippen molar-refractivity contribution in [2.45, 2.75) is 18.6 Å². The molecular weight excluding hydrogens is 558 g/mol. The minimum Gasteiger partial charge on any atom is -0.497 e. The van der Waals surface area contributed by atoms with Crippen molar-refractivity contribution in [2.75, 3.05) is 38.9 Å². The van der Waals surface area contributed by atoms with Crippen molar-refractivity contribution < 1.29 is 19.4 Å². The number of nitrogens with zero attached hydrogens (tertiary/aromatic N) is 6. The van der Waals surface area contributed by atoms with Gasteiger partial charge in [0, 0.05) is 23.8 Å². The summed E-state index contributed by atoms with van der Waals surface area (Å²) in [5.74, 6) is 0.656. The Hall–Kier alpha value is -4.61. The molecule has 0 amide bonds. The van der Waals surface area contributed by atoms with Crippen molar-refractivity contribution in [3.8, 4) is 5.75 Å². The van der Waals surface area contributed by atoms with Gasteiger partial charge in [0.2, 0.25) is 0 Å². The monoisotopic (exact) mass is 587 g/mol. The van der Waals surface area contributed by atoms with Crippen LogP contribution in [0.15, 0.2) is 78.6 Å². The van der Waals surface area contributed by atoms with E-state index in [-0.39, 0.29) is 13.2 Å². The van der Waals surface area contributed by atoms with Gasteiger partial charge in [-0.15, -0.1) is 0 Å². The quantitative estimate of drug-likeness (QED) is 0.296. The van der Waals surface area contributed by atoms with Gasteiger partial charge in [-0.2, -0.15) is 4.68 Å². The molecule has 0 radical (unpaired) electrons. The zero-order valence-electron chi connectivity index (χ0n) is 23.4. The molecule has 0 aliphatic carbocycles. The zero-order valence-corrected chi connectivity index (χ0v) is 24.1. The summed E-state index contributed by atoms with van der Waals surface area (Å²) in [6, 6.07) is 20.0. The number of aromatic nitrogens is 4. The van der Waals surface area contributed by atoms with Gasteiger partial charge in [0.1, 0.15) is 18.3 Å². The second-order valence-electron chi connectivity index (χ2n) is 10.1. The lowest BCUT2D eigenvalue weighted by molar-refractivity contribution is -0.141. The fourth-order valence-corrected chi connectivity index (χ4v) is 5.86. The lowest BCUT2D eigenvalue weighted by Gasteiger charge is -2.38. The number of hydrogen-bond acceptors (Lipinski definition) is 10. The Morgan fingerprint density at radius 1 is 1.14 bits per heavy atom. The predicted octanol–water partition coefficient (Wildman–Crippen LogP) is 3.56. The zero-order chi connectivity index (χ0) is 29.4. The van der Waals surface area contributed by atoms with Crippen LogP contribution in [0.5, 0.6) is 5.75 Å². The van der Waals surface area contributed by atoms with Gasteiger partial charge in [-0.3, -0.25) is 9.69 Å². The number of anilines is 2. The van der Waals surface area contributed by atoms with Crippen molar-refractivity contribution in [1.82, 2.24) is 30.4 Å². The fourth-order valence-electron chi connectivity index (χ4n) is 5.66. The summed E-state index contributed by atoms with van der Waals surface area (Å²) < 4.78 is 12.3. The van der Waals surface area contributed by atoms with Gasteiger partial charge < -0.3 is 24.8 Å². The van der Waals surface area contributed by atoms with Crippen LogP contribution in [0, 0.1) is 0 Å². The first-order valence-corrected chi connectivity index (χ1v) is 13.9. The average Bonchev–Trinajstić information content (AvgIpc) is 3.66. The molecule has 3 aromatic carbocycles. The molecule has 1 aromatic heterocycles. The topological polar surface area (TPSA) is 118 Å². The number of rotatable bonds is 8. The second kappa shape index (κ2) is 11.0. The Morgan fingerprint density at radius 3 is 2.62 bits per heavy atom. The summed E-state index contributed by atoms with van der Waals surface area (Å²) in [7, 11) is 3.52. The number of benzene rings is 3. The van der Waals surface area contributed by atoms with Crippen LogP contribution in [0.4, 0.5) is 11.6 Å². The number of ether oxygens (including phenoxy) is 2. The highest BCUT2D eigenvalue weighted by Crippen LogP contribution is 2.46. The molecule has 2 atom stereocenters. The largest absolute Gasteiger partial charge is 0.497 e. The fraction of sp³-hybridized carbons (Fsp3) is 0.267. The molecule has 12 heteroatoms. The van der Waals surface area contributed by atoms with Crippen LogP contribution in [0.2, 0.25) is 5.02 Å². The minimum absolute atomic E-state index is 0.0939. The number of tetrazole rings is 1. The maximum absolute atomic E-state index is 12.7. The molecule has 4 aromatic rings. The van der Waals surface area contributed by atoms with E-state index in [0.29, 0.717) is 45.9 Å². The Bertz CT molecular complexity index is 1660. The number of nitrogens with one attached hydrogen (secondary N) is 1. The lowest BCUT2D eigenvalue weighted by Crippen LogP contribution is -2.38. The first kappa shape index (κ1) is 27.6. The van der Waals surface area contributed by atoms with Crippen LogP contribution in [-0.4, -0.2) is 70.2 Å². The number of halogens is 1. The van der Waals surface area contributed by atoms with Gasteiger partial charge in [0.25, 0.3) is 5.95 Å². The Labute approximate surface area is 247 Å². The summed E-state index contributed by atoms with van der Waals surface area (Å²) in [6.07, 6.45) is 1.82. The molecule has 0 saturated heterocycles. The van der Waals surface area contributed by atoms with Gasteiger partial charge in [0.15, 0.2) is 5.60 Å². The van der Waals surface area contributed by atoms with E-state index < -0.39 is 17.6 Å². The number of carbonyl (C=O) groups is 1. The Balaban J connectivity index is 1.57. The van der Waals surface area contributed by atoms with Crippen molar-refractivity contribution in [3.05, 3.63) is 106 Å². The summed E-state index contributed by atoms with van der Waals surface area (Å²) in [4.78, 5) is 16.4. The number of aliphatic hydroxyl groups is 1. The highest BCUT2D eigenvalue weighted by atomic mass is 35.5. The third-order valence-corrected chi connectivity index (χ3v) is 7.84. The van der Waals surface area contributed by atoms with Gasteiger partial charge in [0.05, 0.1) is 31.8 Å². The molecule has 0 saturated carbocycles. The number of fused-ring (bicyclic) bond motifs is 2. The van der Waals surface area contributed by atoms with Crippen LogP contribution in [0.3, 0.4) is 0 Å². The van der Waals surface area contributed by atoms with Crippen LogP contribution in [-0.2, 0) is 15.1 Å². The highest BCUT2D eigenvalue weighted by molar-refractivity contribution is 6.30. The summed E-state index contributed by atoms with van der Waals surface area (Å²) in [5, 5.41) is 29.0. The summed E-state index contributed by atoms with van der Waals surface area (Å²) in [5.41, 5.74) is 2.75. The predicted molar refractivity (Wildman–Crippen MR) is 156 cm³/mol. The van der Waals surface area contributed by atoms with E-state index in [9.17, 15) is 9.90 Å². The van der Waals surface area contributed by atoms with E-state index in [1.165, 1.54) is 0 Å². The molecular formula is C30H30ClN7O4. The Kier molecular flexibility index (Phi) is 7.21. The van der Waals surface area contributed by atoms with E-state index in [2.05, 4.69) is 20.8 Å². The molecule has 216 valence electrons. The summed E-state index contributed by atoms with van der Waals surface area (Å²) >= 11 is 6.43. The number of methoxy groups -OCH3 is 1. The third-order valence-electron chi connectivity index (χ3n) is 7.61. The van der Waals surface area contributed by atoms with Crippen LogP contribution in [0.1, 0.15) is 35.2 Å². The van der Waals surface area contributed by atoms with Gasteiger partial charge in [-0.25, -0.2) is 0 Å². The van der Waals surface area contributed by atoms with Crippen LogP contribution in [0.25, 0.3) is 0 Å². The molecule has 2 aliphatic rings. The van der Waals surface area contributed by atoms with Crippen molar-refractivity contribution in [2.24, 2.45) is 0 Å². The molecule has 0 bridgehead atoms. The van der Waals surface area contributed by atoms with Crippen LogP contribution < -0.4 is 15.0 Å². The first-order valence-electron chi connectivity index (χ1n) is 13.5. The third kappa shape index (κ3) is 4.60. The first-order chi connectivity index (χ1) is 20.3. The van der Waals surface area contributed by atoms with Crippen molar-refractivity contribution in [3.63, 3.8) is 0 Å². The number of esters is 1. The highest BCUT2D eigenvalue weighted by Gasteiger charge is 2.42. The molecule has 3 heterocycles. The van der Waals surface area contributed by atoms with E-state index >= 15 is 0 Å². The average molecular weight is 588 g/mol. The lowest BCUT2D eigenvalue weighted by atomic mass is 9.81. The van der Waals surface area contributed by atoms with Gasteiger partial charge >= 0.3 is 5.97 Å². The molecule has 0 fully saturated rings. The van der Waals surface area contributed by atoms with Gasteiger partial charge in [-0.05, 0) is 70.4 Å². The standard InChI is InChI=1S/C30H30ClN7O4/c1-4-42-27(39)17-37-25-13-10-21(30(40,26-16-32-18-36(26)2)20-8-11-23(41-3)12-9-20)15-24(25)28(38-29(37)33-34-35-38)19-6-5-7-22(31)14-19/h5-16,28,32,40H,4,17-18H2,1-3H3. The number of likely N-dealkylation sites (N-methyl/N-ethyl adjacent to an activating group) is 1. The minimum atomic E-state index is -1.54. The van der Waals surface area contributed by atoms with E-state index in [0.717, 1.165) is 11.1 Å². The maximum atomic E-state index is 12.7. The molecule has 0 spiro atoms. The Morgan fingerprint density at radius 2 is 1.93 bits per heavy atom. The van der Waals surface area contributed by atoms with Crippen molar-refractivity contribution in [1.29, 1.82) is 0 Å². The maximum Gasteiger partial charge on any atom is 0.326 e. The number of hydrogen-bond donors (Lipinski definition) is 2. The van der Waals surface area contributed by atoms with E-state index in [4.69, 9.17) is 21.1 Å². The van der Waals surface area contributed by atoms with E-state index in [1.807, 2.05) is 78.8 Å². The second-order valence-corrected chi connectivity index (χ2v) is 10.5.